The minimum atomic E-state index is -0.578. The first-order valence-corrected chi connectivity index (χ1v) is 6.56. The summed E-state index contributed by atoms with van der Waals surface area (Å²) in [6.45, 7) is 1.35. The number of nitrogens with zero attached hydrogens (tertiary/aromatic N) is 1. The molecule has 0 aliphatic carbocycles. The first-order valence-electron chi connectivity index (χ1n) is 5.68. The standard InChI is InChI=1S/C13H14N2OS/c16-13(8-14-9-13)6-12-15-11(7-17-12)10-4-2-1-3-5-10/h1-5,7,14,16H,6,8-9H2. The number of β-amino-alcohol motifs (C(OH)–C–C–N with tert-alkyl or cyclic N) is 1. The van der Waals surface area contributed by atoms with Crippen molar-refractivity contribution in [2.75, 3.05) is 13.1 Å². The lowest BCUT2D eigenvalue weighted by molar-refractivity contribution is -0.00903. The molecule has 0 amide bonds. The molecule has 0 saturated carbocycles. The van der Waals surface area contributed by atoms with Crippen molar-refractivity contribution in [3.05, 3.63) is 40.7 Å². The van der Waals surface area contributed by atoms with Crippen LogP contribution in [0.25, 0.3) is 11.3 Å². The third-order valence-electron chi connectivity index (χ3n) is 3.01. The largest absolute Gasteiger partial charge is 0.387 e. The normalized spacial score (nSPS) is 17.7. The van der Waals surface area contributed by atoms with Gasteiger partial charge in [0.1, 0.15) is 0 Å². The molecule has 3 rings (SSSR count). The molecule has 88 valence electrons. The highest BCUT2D eigenvalue weighted by Gasteiger charge is 2.35. The average molecular weight is 246 g/mol. The second-order valence-electron chi connectivity index (χ2n) is 4.50. The molecule has 3 nitrogen and oxygen atoms in total. The van der Waals surface area contributed by atoms with Crippen LogP contribution in [0, 0.1) is 0 Å². The van der Waals surface area contributed by atoms with Crippen molar-refractivity contribution in [1.29, 1.82) is 0 Å². The summed E-state index contributed by atoms with van der Waals surface area (Å²) in [6.07, 6.45) is 0.650. The Balaban J connectivity index is 1.79. The quantitative estimate of drug-likeness (QED) is 0.866. The second-order valence-corrected chi connectivity index (χ2v) is 5.44. The average Bonchev–Trinajstić information content (AvgIpc) is 2.77. The van der Waals surface area contributed by atoms with Gasteiger partial charge in [-0.2, -0.15) is 0 Å². The topological polar surface area (TPSA) is 45.2 Å². The highest BCUT2D eigenvalue weighted by Crippen LogP contribution is 2.25. The van der Waals surface area contributed by atoms with Gasteiger partial charge in [0.2, 0.25) is 0 Å². The molecular weight excluding hydrogens is 232 g/mol. The maximum atomic E-state index is 10.0. The summed E-state index contributed by atoms with van der Waals surface area (Å²) < 4.78 is 0. The molecular formula is C13H14N2OS. The van der Waals surface area contributed by atoms with Crippen LogP contribution in [0.1, 0.15) is 5.01 Å². The summed E-state index contributed by atoms with van der Waals surface area (Å²) >= 11 is 1.62. The molecule has 2 aromatic rings. The van der Waals surface area contributed by atoms with Gasteiger partial charge in [0.15, 0.2) is 0 Å². The number of hydrogen-bond donors (Lipinski definition) is 2. The van der Waals surface area contributed by atoms with Gasteiger partial charge in [-0.05, 0) is 0 Å². The third kappa shape index (κ3) is 2.24. The van der Waals surface area contributed by atoms with Crippen LogP contribution < -0.4 is 5.32 Å². The van der Waals surface area contributed by atoms with Crippen molar-refractivity contribution in [2.24, 2.45) is 0 Å². The van der Waals surface area contributed by atoms with Crippen molar-refractivity contribution in [3.63, 3.8) is 0 Å². The SMILES string of the molecule is OC1(Cc2nc(-c3ccccc3)cs2)CNC1. The number of nitrogens with one attached hydrogen (secondary N) is 1. The van der Waals surface area contributed by atoms with Crippen LogP contribution in [0.5, 0.6) is 0 Å². The lowest BCUT2D eigenvalue weighted by Gasteiger charge is -2.36. The summed E-state index contributed by atoms with van der Waals surface area (Å²) in [7, 11) is 0. The van der Waals surface area contributed by atoms with Crippen molar-refractivity contribution >= 4 is 11.3 Å². The first-order chi connectivity index (χ1) is 8.25. The molecule has 0 atom stereocenters. The van der Waals surface area contributed by atoms with Crippen molar-refractivity contribution < 1.29 is 5.11 Å². The zero-order chi connectivity index (χ0) is 11.7. The van der Waals surface area contributed by atoms with Crippen LogP contribution in [0.2, 0.25) is 0 Å². The van der Waals surface area contributed by atoms with Crippen LogP contribution in [-0.4, -0.2) is 28.8 Å². The molecule has 1 fully saturated rings. The maximum absolute atomic E-state index is 10.0. The van der Waals surface area contributed by atoms with Gasteiger partial charge in [-0.25, -0.2) is 4.98 Å². The maximum Gasteiger partial charge on any atom is 0.0962 e. The van der Waals surface area contributed by atoms with Gasteiger partial charge in [0, 0.05) is 30.5 Å². The smallest absolute Gasteiger partial charge is 0.0962 e. The molecule has 0 spiro atoms. The summed E-state index contributed by atoms with van der Waals surface area (Å²) in [4.78, 5) is 4.58. The fraction of sp³-hybridized carbons (Fsp3) is 0.308. The van der Waals surface area contributed by atoms with Gasteiger partial charge in [0.25, 0.3) is 0 Å². The fourth-order valence-corrected chi connectivity index (χ4v) is 2.89. The Hall–Kier alpha value is -1.23. The highest BCUT2D eigenvalue weighted by atomic mass is 32.1. The van der Waals surface area contributed by atoms with Gasteiger partial charge < -0.3 is 10.4 Å². The minimum Gasteiger partial charge on any atom is -0.387 e. The molecule has 1 aliphatic heterocycles. The number of benzene rings is 1. The molecule has 0 radical (unpaired) electrons. The van der Waals surface area contributed by atoms with Gasteiger partial charge in [-0.3, -0.25) is 0 Å². The van der Waals surface area contributed by atoms with Gasteiger partial charge in [-0.15, -0.1) is 11.3 Å². The lowest BCUT2D eigenvalue weighted by Crippen LogP contribution is -2.60. The molecule has 4 heteroatoms. The first kappa shape index (κ1) is 10.9. The van der Waals surface area contributed by atoms with Crippen LogP contribution in [0.4, 0.5) is 0 Å². The van der Waals surface area contributed by atoms with Crippen molar-refractivity contribution in [2.45, 2.75) is 12.0 Å². The molecule has 0 bridgehead atoms. The van der Waals surface area contributed by atoms with E-state index in [1.54, 1.807) is 11.3 Å². The van der Waals surface area contributed by atoms with Gasteiger partial charge in [-0.1, -0.05) is 30.3 Å². The van der Waals surface area contributed by atoms with E-state index in [0.717, 1.165) is 16.3 Å². The van der Waals surface area contributed by atoms with Crippen LogP contribution in [-0.2, 0) is 6.42 Å². The Labute approximate surface area is 104 Å². The number of thiazole rings is 1. The molecule has 1 aromatic carbocycles. The van der Waals surface area contributed by atoms with E-state index in [0.29, 0.717) is 19.5 Å². The zero-order valence-corrected chi connectivity index (χ0v) is 10.2. The highest BCUT2D eigenvalue weighted by molar-refractivity contribution is 7.09. The van der Waals surface area contributed by atoms with E-state index in [1.807, 2.05) is 18.2 Å². The predicted octanol–water partition coefficient (Wildman–Crippen LogP) is 1.69. The molecule has 1 aliphatic rings. The predicted molar refractivity (Wildman–Crippen MR) is 69.1 cm³/mol. The summed E-state index contributed by atoms with van der Waals surface area (Å²) in [5.41, 5.74) is 1.56. The minimum absolute atomic E-state index is 0.578. The van der Waals surface area contributed by atoms with Crippen LogP contribution in [0.15, 0.2) is 35.7 Å². The Morgan fingerprint density at radius 2 is 2.06 bits per heavy atom. The molecule has 17 heavy (non-hydrogen) atoms. The molecule has 2 heterocycles. The van der Waals surface area contributed by atoms with Crippen molar-refractivity contribution in [3.8, 4) is 11.3 Å². The number of hydrogen-bond acceptors (Lipinski definition) is 4. The van der Waals surface area contributed by atoms with Gasteiger partial charge in [0.05, 0.1) is 16.3 Å². The summed E-state index contributed by atoms with van der Waals surface area (Å²) in [5, 5.41) is 16.2. The molecule has 0 unspecified atom stereocenters. The number of aliphatic hydroxyl groups is 1. The molecule has 1 saturated heterocycles. The van der Waals surface area contributed by atoms with E-state index < -0.39 is 5.60 Å². The van der Waals surface area contributed by atoms with Crippen molar-refractivity contribution in [1.82, 2.24) is 10.3 Å². The Kier molecular flexibility index (Phi) is 2.70. The molecule has 2 N–H and O–H groups in total. The number of aromatic nitrogens is 1. The summed E-state index contributed by atoms with van der Waals surface area (Å²) in [6, 6.07) is 10.1. The molecule has 1 aromatic heterocycles. The Bertz CT molecular complexity index is 505. The second kappa shape index (κ2) is 4.22. The van der Waals surface area contributed by atoms with Gasteiger partial charge >= 0.3 is 0 Å². The van der Waals surface area contributed by atoms with Crippen LogP contribution in [0.3, 0.4) is 0 Å². The third-order valence-corrected chi connectivity index (χ3v) is 3.86. The monoisotopic (exact) mass is 246 g/mol. The Morgan fingerprint density at radius 1 is 1.29 bits per heavy atom. The van der Waals surface area contributed by atoms with E-state index in [-0.39, 0.29) is 0 Å². The fourth-order valence-electron chi connectivity index (χ4n) is 1.95. The van der Waals surface area contributed by atoms with E-state index in [2.05, 4.69) is 27.8 Å². The zero-order valence-electron chi connectivity index (χ0n) is 9.39. The van der Waals surface area contributed by atoms with E-state index in [9.17, 15) is 5.11 Å². The summed E-state index contributed by atoms with van der Waals surface area (Å²) in [5.74, 6) is 0. The van der Waals surface area contributed by atoms with Crippen LogP contribution >= 0.6 is 11.3 Å². The van der Waals surface area contributed by atoms with E-state index in [1.165, 1.54) is 0 Å². The lowest BCUT2D eigenvalue weighted by atomic mass is 9.94. The van der Waals surface area contributed by atoms with E-state index >= 15 is 0 Å². The Morgan fingerprint density at radius 3 is 2.71 bits per heavy atom. The number of rotatable bonds is 3. The van der Waals surface area contributed by atoms with E-state index in [4.69, 9.17) is 0 Å².